The van der Waals surface area contributed by atoms with E-state index < -0.39 is 23.7 Å². The lowest BCUT2D eigenvalue weighted by Gasteiger charge is -2.36. The van der Waals surface area contributed by atoms with Crippen LogP contribution >= 0.6 is 0 Å². The van der Waals surface area contributed by atoms with Crippen LogP contribution in [0.1, 0.15) is 61.9 Å². The number of carbonyl (C=O) groups is 3. The number of benzene rings is 2. The minimum Gasteiger partial charge on any atom is -0.493 e. The van der Waals surface area contributed by atoms with Crippen molar-refractivity contribution < 1.29 is 38.4 Å². The Labute approximate surface area is 210 Å². The van der Waals surface area contributed by atoms with Gasteiger partial charge >= 0.3 is 17.9 Å². The summed E-state index contributed by atoms with van der Waals surface area (Å²) in [5, 5.41) is 9.75. The molecule has 3 rings (SSSR count). The lowest BCUT2D eigenvalue weighted by molar-refractivity contribution is -0.203. The molecule has 1 heterocycles. The number of ether oxygens (including phenoxy) is 4. The summed E-state index contributed by atoms with van der Waals surface area (Å²) in [6.07, 6.45) is 3.47. The number of rotatable bonds is 7. The molecule has 0 aromatic heterocycles. The summed E-state index contributed by atoms with van der Waals surface area (Å²) < 4.78 is 23.8. The van der Waals surface area contributed by atoms with Gasteiger partial charge in [-0.25, -0.2) is 14.4 Å². The minimum atomic E-state index is -1.72. The molecule has 0 amide bonds. The molecule has 0 fully saturated rings. The number of carboxylic acid groups (broad SMARTS) is 1. The Morgan fingerprint density at radius 2 is 1.61 bits per heavy atom. The maximum absolute atomic E-state index is 12.9. The molecule has 2 aromatic rings. The van der Waals surface area contributed by atoms with Crippen molar-refractivity contribution >= 4 is 17.9 Å². The molecule has 36 heavy (non-hydrogen) atoms. The smallest absolute Gasteiger partial charge is 0.339 e. The minimum absolute atomic E-state index is 0.0713. The quantitative estimate of drug-likeness (QED) is 0.231. The van der Waals surface area contributed by atoms with Crippen LogP contribution in [0.4, 0.5) is 0 Å². The Bertz CT molecular complexity index is 1180. The van der Waals surface area contributed by atoms with Crippen LogP contribution in [0.5, 0.6) is 17.2 Å². The second-order valence-corrected chi connectivity index (χ2v) is 8.64. The highest BCUT2D eigenvalue weighted by Crippen LogP contribution is 2.44. The van der Waals surface area contributed by atoms with Crippen LogP contribution < -0.4 is 14.2 Å². The number of aromatic carboxylic acids is 1. The number of hydrogen-bond donors (Lipinski definition) is 1. The molecule has 2 aromatic carbocycles. The zero-order chi connectivity index (χ0) is 26.3. The molecule has 1 atom stereocenters. The predicted octanol–water partition coefficient (Wildman–Crippen LogP) is 5.56. The fraction of sp³-hybridized carbons (Fsp3) is 0.321. The van der Waals surface area contributed by atoms with E-state index in [-0.39, 0.29) is 34.6 Å². The molecule has 1 N–H and O–H groups in total. The summed E-state index contributed by atoms with van der Waals surface area (Å²) in [6, 6.07) is 11.2. The van der Waals surface area contributed by atoms with Gasteiger partial charge < -0.3 is 24.1 Å². The van der Waals surface area contributed by atoms with E-state index in [0.29, 0.717) is 24.3 Å². The summed E-state index contributed by atoms with van der Waals surface area (Å²) in [4.78, 5) is 37.2. The highest BCUT2D eigenvalue weighted by Gasteiger charge is 2.43. The van der Waals surface area contributed by atoms with E-state index in [9.17, 15) is 19.5 Å². The first-order valence-corrected chi connectivity index (χ1v) is 11.7. The number of para-hydroxylation sites is 2. The topological polar surface area (TPSA) is 108 Å². The van der Waals surface area contributed by atoms with Gasteiger partial charge in [0.2, 0.25) is 0 Å². The molecule has 1 aliphatic heterocycles. The molecular formula is C28H30O8. The summed E-state index contributed by atoms with van der Waals surface area (Å²) in [6.45, 7) is 10.7. The van der Waals surface area contributed by atoms with E-state index in [1.165, 1.54) is 32.0 Å². The van der Waals surface area contributed by atoms with E-state index in [4.69, 9.17) is 18.9 Å². The first-order valence-electron chi connectivity index (χ1n) is 11.7. The maximum atomic E-state index is 12.9. The Kier molecular flexibility index (Phi) is 8.53. The average molecular weight is 495 g/mol. The molecule has 0 saturated carbocycles. The van der Waals surface area contributed by atoms with E-state index >= 15 is 0 Å². The normalized spacial score (nSPS) is 17.5. The molecule has 0 saturated heterocycles. The van der Waals surface area contributed by atoms with Crippen LogP contribution in [-0.2, 0) is 20.1 Å². The lowest BCUT2D eigenvalue weighted by Crippen LogP contribution is -2.39. The van der Waals surface area contributed by atoms with Crippen molar-refractivity contribution in [3.8, 4) is 17.2 Å². The number of hydrogen-bond acceptors (Lipinski definition) is 7. The molecule has 1 unspecified atom stereocenters. The zero-order valence-corrected chi connectivity index (χ0v) is 20.5. The van der Waals surface area contributed by atoms with Crippen molar-refractivity contribution in [2.75, 3.05) is 6.61 Å². The lowest BCUT2D eigenvalue weighted by atomic mass is 9.96. The Morgan fingerprint density at radius 3 is 2.31 bits per heavy atom. The van der Waals surface area contributed by atoms with E-state index in [1.807, 2.05) is 0 Å². The van der Waals surface area contributed by atoms with Crippen LogP contribution in [0.15, 0.2) is 66.8 Å². The van der Waals surface area contributed by atoms with Gasteiger partial charge in [0.15, 0.2) is 11.5 Å². The van der Waals surface area contributed by atoms with Crippen molar-refractivity contribution in [3.05, 3.63) is 77.9 Å². The van der Waals surface area contributed by atoms with Crippen LogP contribution in [-0.4, -0.2) is 29.6 Å². The van der Waals surface area contributed by atoms with Gasteiger partial charge in [0.1, 0.15) is 11.3 Å². The molecule has 0 spiro atoms. The van der Waals surface area contributed by atoms with Gasteiger partial charge in [0.25, 0.3) is 5.79 Å². The van der Waals surface area contributed by atoms with Crippen LogP contribution in [0, 0.1) is 0 Å². The van der Waals surface area contributed by atoms with Gasteiger partial charge in [-0.05, 0) is 51.0 Å². The highest BCUT2D eigenvalue weighted by molar-refractivity contribution is 5.95. The van der Waals surface area contributed by atoms with E-state index in [1.54, 1.807) is 24.3 Å². The van der Waals surface area contributed by atoms with E-state index in [2.05, 4.69) is 13.2 Å². The largest absolute Gasteiger partial charge is 0.493 e. The Morgan fingerprint density at radius 1 is 0.917 bits per heavy atom. The zero-order valence-electron chi connectivity index (χ0n) is 20.5. The molecule has 0 bridgehead atoms. The summed E-state index contributed by atoms with van der Waals surface area (Å²) >= 11 is 0. The van der Waals surface area contributed by atoms with Crippen LogP contribution in [0.3, 0.4) is 0 Å². The van der Waals surface area contributed by atoms with E-state index in [0.717, 1.165) is 19.3 Å². The van der Waals surface area contributed by atoms with Crippen molar-refractivity contribution in [2.45, 2.75) is 51.7 Å². The second kappa shape index (κ2) is 11.6. The maximum Gasteiger partial charge on any atom is 0.339 e. The van der Waals surface area contributed by atoms with Crippen molar-refractivity contribution in [1.82, 2.24) is 0 Å². The molecular weight excluding hydrogens is 464 g/mol. The summed E-state index contributed by atoms with van der Waals surface area (Å²) in [7, 11) is 0. The first kappa shape index (κ1) is 26.5. The van der Waals surface area contributed by atoms with Gasteiger partial charge in [0, 0.05) is 17.6 Å². The van der Waals surface area contributed by atoms with Crippen molar-refractivity contribution in [2.24, 2.45) is 0 Å². The number of carbonyl (C=O) groups excluding carboxylic acids is 2. The SMILES string of the molecule is C=C(C)C(=O)Oc1c(OC2(OC(=O)C(=C)C)CCCCCCOc3ccccc32)cccc1C(=O)O. The molecule has 190 valence electrons. The predicted molar refractivity (Wildman–Crippen MR) is 132 cm³/mol. The third kappa shape index (κ3) is 6.13. The number of esters is 2. The fourth-order valence-electron chi connectivity index (χ4n) is 3.73. The first-order chi connectivity index (χ1) is 17.1. The summed E-state index contributed by atoms with van der Waals surface area (Å²) in [5.74, 6) is -4.51. The van der Waals surface area contributed by atoms with Gasteiger partial charge in [-0.1, -0.05) is 44.2 Å². The summed E-state index contributed by atoms with van der Waals surface area (Å²) in [5.41, 5.74) is 0.371. The molecule has 1 aliphatic rings. The Balaban J connectivity index is 2.23. The third-order valence-corrected chi connectivity index (χ3v) is 5.59. The third-order valence-electron chi connectivity index (χ3n) is 5.59. The van der Waals surface area contributed by atoms with Crippen LogP contribution in [0.25, 0.3) is 0 Å². The van der Waals surface area contributed by atoms with Crippen molar-refractivity contribution in [3.63, 3.8) is 0 Å². The second-order valence-electron chi connectivity index (χ2n) is 8.64. The van der Waals surface area contributed by atoms with Gasteiger partial charge in [-0.15, -0.1) is 0 Å². The molecule has 8 nitrogen and oxygen atoms in total. The monoisotopic (exact) mass is 494 g/mol. The fourth-order valence-corrected chi connectivity index (χ4v) is 3.73. The standard InChI is InChI=1S/C28H30O8/c1-18(2)26(31)34-24-20(25(29)30)12-11-15-23(24)35-28(36-27(32)19(3)4)16-9-5-6-10-17-33-22-14-8-7-13-21(22)28/h7-8,11-15H,1,3,5-6,9-10,16-17H2,2,4H3,(H,29,30). The molecule has 0 radical (unpaired) electrons. The van der Waals surface area contributed by atoms with Gasteiger partial charge in [0.05, 0.1) is 12.2 Å². The average Bonchev–Trinajstić information content (AvgIpc) is 2.84. The van der Waals surface area contributed by atoms with Crippen molar-refractivity contribution in [1.29, 1.82) is 0 Å². The highest BCUT2D eigenvalue weighted by atomic mass is 16.7. The molecule has 0 aliphatic carbocycles. The Hall–Kier alpha value is -4.07. The number of fused-ring (bicyclic) bond motifs is 1. The van der Waals surface area contributed by atoms with Crippen LogP contribution in [0.2, 0.25) is 0 Å². The number of carboxylic acids is 1. The van der Waals surface area contributed by atoms with Gasteiger partial charge in [-0.3, -0.25) is 0 Å². The molecule has 8 heteroatoms. The van der Waals surface area contributed by atoms with Gasteiger partial charge in [-0.2, -0.15) is 0 Å².